The van der Waals surface area contributed by atoms with Crippen LogP contribution in [0.3, 0.4) is 0 Å². The van der Waals surface area contributed by atoms with Crippen molar-refractivity contribution in [2.24, 2.45) is 5.73 Å². The van der Waals surface area contributed by atoms with Gasteiger partial charge in [-0.3, -0.25) is 14.3 Å². The second-order valence-corrected chi connectivity index (χ2v) is 10.4. The largest absolute Gasteiger partial charge is 0.404 e. The van der Waals surface area contributed by atoms with E-state index in [2.05, 4.69) is 9.97 Å². The van der Waals surface area contributed by atoms with E-state index in [4.69, 9.17) is 5.73 Å². The molecule has 0 aliphatic heterocycles. The Bertz CT molecular complexity index is 1630. The third-order valence-corrected chi connectivity index (χ3v) is 7.53. The van der Waals surface area contributed by atoms with Crippen LogP contribution >= 0.6 is 0 Å². The van der Waals surface area contributed by atoms with E-state index in [0.717, 1.165) is 17.8 Å². The standard InChI is InChI=1S/C25H23F4N5O3S/c1-4-15-9-20-17(10-18(15)26)22(24(30)35)23(34(20)21-8-5-13(2)11-32-21)19-7-6-16(12-31-19)38(36,37)33-14(3)25(27,28)29/h5-12,14,33H,4H2,1-3H3,(H2,30,35)/t14-/m0/s1. The minimum Gasteiger partial charge on any atom is -0.366 e. The fourth-order valence-corrected chi connectivity index (χ4v) is 5.16. The number of benzene rings is 1. The maximum absolute atomic E-state index is 14.8. The number of hydrogen-bond acceptors (Lipinski definition) is 5. The van der Waals surface area contributed by atoms with Crippen LogP contribution in [0.1, 0.15) is 35.3 Å². The number of pyridine rings is 2. The van der Waals surface area contributed by atoms with E-state index in [1.54, 1.807) is 40.6 Å². The lowest BCUT2D eigenvalue weighted by Crippen LogP contribution is -2.42. The van der Waals surface area contributed by atoms with E-state index in [1.165, 1.54) is 12.1 Å². The number of nitrogens with one attached hydrogen (secondary N) is 1. The second-order valence-electron chi connectivity index (χ2n) is 8.70. The highest BCUT2D eigenvalue weighted by molar-refractivity contribution is 7.89. The lowest BCUT2D eigenvalue weighted by molar-refractivity contribution is -0.147. The summed E-state index contributed by atoms with van der Waals surface area (Å²) in [5, 5.41) is 0.198. The summed E-state index contributed by atoms with van der Waals surface area (Å²) >= 11 is 0. The third-order valence-electron chi connectivity index (χ3n) is 6.00. The lowest BCUT2D eigenvalue weighted by atomic mass is 10.0. The van der Waals surface area contributed by atoms with E-state index >= 15 is 0 Å². The van der Waals surface area contributed by atoms with Gasteiger partial charge in [0.05, 0.1) is 22.5 Å². The van der Waals surface area contributed by atoms with Crippen LogP contribution in [0.25, 0.3) is 28.1 Å². The summed E-state index contributed by atoms with van der Waals surface area (Å²) in [7, 11) is -4.57. The Labute approximate surface area is 215 Å². The van der Waals surface area contributed by atoms with E-state index < -0.39 is 38.9 Å². The van der Waals surface area contributed by atoms with Crippen LogP contribution in [0.4, 0.5) is 17.6 Å². The van der Waals surface area contributed by atoms with Gasteiger partial charge in [-0.15, -0.1) is 0 Å². The molecule has 1 amide bonds. The summed E-state index contributed by atoms with van der Waals surface area (Å²) < 4.78 is 81.6. The van der Waals surface area contributed by atoms with Crippen LogP contribution in [0, 0.1) is 12.7 Å². The molecule has 0 aliphatic carbocycles. The van der Waals surface area contributed by atoms with Crippen molar-refractivity contribution in [1.29, 1.82) is 0 Å². The van der Waals surface area contributed by atoms with Crippen molar-refractivity contribution in [3.63, 3.8) is 0 Å². The molecule has 0 spiro atoms. The Kier molecular flexibility index (Phi) is 7.01. The van der Waals surface area contributed by atoms with Crippen molar-refractivity contribution in [2.75, 3.05) is 0 Å². The second kappa shape index (κ2) is 9.80. The number of amides is 1. The first kappa shape index (κ1) is 27.2. The molecule has 4 aromatic rings. The average Bonchev–Trinajstić information content (AvgIpc) is 3.17. The number of sulfonamides is 1. The Morgan fingerprint density at radius 2 is 1.84 bits per heavy atom. The first-order valence-electron chi connectivity index (χ1n) is 11.4. The maximum atomic E-state index is 14.8. The third kappa shape index (κ3) is 4.98. The fourth-order valence-electron chi connectivity index (χ4n) is 3.99. The maximum Gasteiger partial charge on any atom is 0.404 e. The fraction of sp³-hybridized carbons (Fsp3) is 0.240. The zero-order chi connectivity index (χ0) is 28.0. The number of alkyl halides is 3. The molecule has 0 fully saturated rings. The van der Waals surface area contributed by atoms with Gasteiger partial charge in [-0.25, -0.2) is 17.8 Å². The summed E-state index contributed by atoms with van der Waals surface area (Å²) in [6, 6.07) is 6.19. The molecule has 0 aliphatic rings. The highest BCUT2D eigenvalue weighted by Crippen LogP contribution is 2.37. The molecule has 1 atom stereocenters. The monoisotopic (exact) mass is 549 g/mol. The number of carbonyl (C=O) groups is 1. The number of aryl methyl sites for hydroxylation is 2. The first-order chi connectivity index (χ1) is 17.7. The van der Waals surface area contributed by atoms with Crippen LogP contribution in [-0.2, 0) is 16.4 Å². The molecule has 0 bridgehead atoms. The molecular formula is C25H23F4N5O3S. The number of aromatic nitrogens is 3. The number of hydrogen-bond donors (Lipinski definition) is 2. The van der Waals surface area contributed by atoms with Gasteiger partial charge in [-0.05, 0) is 61.7 Å². The molecule has 0 unspecified atom stereocenters. The zero-order valence-electron chi connectivity index (χ0n) is 20.5. The van der Waals surface area contributed by atoms with Crippen molar-refractivity contribution >= 4 is 26.8 Å². The van der Waals surface area contributed by atoms with E-state index in [1.807, 2.05) is 6.92 Å². The molecule has 3 heterocycles. The molecule has 0 saturated carbocycles. The van der Waals surface area contributed by atoms with Crippen LogP contribution < -0.4 is 10.5 Å². The van der Waals surface area contributed by atoms with Crippen LogP contribution in [0.5, 0.6) is 0 Å². The van der Waals surface area contributed by atoms with Crippen LogP contribution in [-0.4, -0.2) is 41.1 Å². The number of fused-ring (bicyclic) bond motifs is 1. The smallest absolute Gasteiger partial charge is 0.366 e. The number of halogens is 4. The SMILES string of the molecule is CCc1cc2c(cc1F)c(C(N)=O)c(-c1ccc(S(=O)(=O)N[C@@H](C)C(F)(F)F)cn1)n2-c1ccc(C)cn1. The van der Waals surface area contributed by atoms with Crippen LogP contribution in [0.2, 0.25) is 0 Å². The lowest BCUT2D eigenvalue weighted by Gasteiger charge is -2.17. The van der Waals surface area contributed by atoms with Gasteiger partial charge in [0.15, 0.2) is 0 Å². The highest BCUT2D eigenvalue weighted by Gasteiger charge is 2.39. The number of rotatable bonds is 7. The molecule has 13 heteroatoms. The predicted octanol–water partition coefficient (Wildman–Crippen LogP) is 4.43. The summed E-state index contributed by atoms with van der Waals surface area (Å²) in [6.07, 6.45) is -1.96. The van der Waals surface area contributed by atoms with Gasteiger partial charge in [0.2, 0.25) is 10.0 Å². The predicted molar refractivity (Wildman–Crippen MR) is 133 cm³/mol. The first-order valence-corrected chi connectivity index (χ1v) is 12.9. The van der Waals surface area contributed by atoms with Crippen molar-refractivity contribution in [3.8, 4) is 17.2 Å². The Morgan fingerprint density at radius 1 is 1.13 bits per heavy atom. The summed E-state index contributed by atoms with van der Waals surface area (Å²) in [4.78, 5) is 20.7. The Balaban J connectivity index is 1.96. The van der Waals surface area contributed by atoms with Crippen LogP contribution in [0.15, 0.2) is 53.7 Å². The molecule has 3 N–H and O–H groups in total. The zero-order valence-corrected chi connectivity index (χ0v) is 21.3. The topological polar surface area (TPSA) is 120 Å². The van der Waals surface area contributed by atoms with Gasteiger partial charge in [-0.2, -0.15) is 17.9 Å². The minimum atomic E-state index is -4.79. The molecule has 200 valence electrons. The molecule has 8 nitrogen and oxygen atoms in total. The van der Waals surface area contributed by atoms with Crippen molar-refractivity contribution in [1.82, 2.24) is 19.3 Å². The molecule has 0 radical (unpaired) electrons. The molecule has 3 aromatic heterocycles. The van der Waals surface area contributed by atoms with Gasteiger partial charge < -0.3 is 5.73 Å². The molecule has 0 saturated heterocycles. The molecule has 1 aromatic carbocycles. The van der Waals surface area contributed by atoms with Gasteiger partial charge in [0.1, 0.15) is 22.6 Å². The Morgan fingerprint density at radius 3 is 2.37 bits per heavy atom. The molecule has 38 heavy (non-hydrogen) atoms. The Hall–Kier alpha value is -3.84. The van der Waals surface area contributed by atoms with E-state index in [9.17, 15) is 30.8 Å². The molecule has 4 rings (SSSR count). The van der Waals surface area contributed by atoms with Gasteiger partial charge in [0.25, 0.3) is 5.91 Å². The number of carbonyl (C=O) groups excluding carboxylic acids is 1. The van der Waals surface area contributed by atoms with Gasteiger partial charge in [0, 0.05) is 17.8 Å². The van der Waals surface area contributed by atoms with Gasteiger partial charge in [-0.1, -0.05) is 13.0 Å². The summed E-state index contributed by atoms with van der Waals surface area (Å²) in [5.41, 5.74) is 7.49. The van der Waals surface area contributed by atoms with E-state index in [0.29, 0.717) is 30.2 Å². The average molecular weight is 550 g/mol. The van der Waals surface area contributed by atoms with Crippen molar-refractivity contribution in [2.45, 2.75) is 44.3 Å². The van der Waals surface area contributed by atoms with Crippen molar-refractivity contribution in [3.05, 3.63) is 71.3 Å². The summed E-state index contributed by atoms with van der Waals surface area (Å²) in [5.74, 6) is -1.07. The molecular weight excluding hydrogens is 526 g/mol. The minimum absolute atomic E-state index is 0.0682. The quantitative estimate of drug-likeness (QED) is 0.331. The van der Waals surface area contributed by atoms with E-state index in [-0.39, 0.29) is 22.3 Å². The number of nitrogens with two attached hydrogens (primary N) is 1. The van der Waals surface area contributed by atoms with Crippen molar-refractivity contribution < 1.29 is 30.8 Å². The number of primary amides is 1. The highest BCUT2D eigenvalue weighted by atomic mass is 32.2. The normalized spacial score (nSPS) is 13.1. The number of nitrogens with zero attached hydrogens (tertiary/aromatic N) is 3. The summed E-state index contributed by atoms with van der Waals surface area (Å²) in [6.45, 7) is 4.28. The van der Waals surface area contributed by atoms with Gasteiger partial charge >= 0.3 is 6.18 Å².